The van der Waals surface area contributed by atoms with E-state index >= 15 is 0 Å². The molecule has 0 aliphatic carbocycles. The largest absolute Gasteiger partial charge is 0.352 e. The van der Waals surface area contributed by atoms with Crippen molar-refractivity contribution in [2.24, 2.45) is 0 Å². The van der Waals surface area contributed by atoms with Crippen LogP contribution in [0.25, 0.3) is 10.9 Å². The van der Waals surface area contributed by atoms with E-state index in [9.17, 15) is 0 Å². The van der Waals surface area contributed by atoms with Gasteiger partial charge in [0.2, 0.25) is 0 Å². The van der Waals surface area contributed by atoms with E-state index < -0.39 is 0 Å². The molecular formula is C14H19NO2S. The Kier molecular flexibility index (Phi) is 5.11. The van der Waals surface area contributed by atoms with Crippen molar-refractivity contribution in [1.29, 1.82) is 0 Å². The smallest absolute Gasteiger partial charge is 0.166 e. The summed E-state index contributed by atoms with van der Waals surface area (Å²) in [5.74, 6) is 0.800. The van der Waals surface area contributed by atoms with E-state index in [1.807, 2.05) is 26.0 Å². The van der Waals surface area contributed by atoms with E-state index in [2.05, 4.69) is 23.2 Å². The van der Waals surface area contributed by atoms with Crippen LogP contribution in [0.15, 0.2) is 35.4 Å². The molecule has 0 aliphatic rings. The molecule has 0 amide bonds. The molecule has 1 N–H and O–H groups in total. The second-order valence-corrected chi connectivity index (χ2v) is 4.93. The number of aromatic amines is 1. The first kappa shape index (κ1) is 13.5. The van der Waals surface area contributed by atoms with Crippen LogP contribution in [0.2, 0.25) is 0 Å². The lowest BCUT2D eigenvalue weighted by Crippen LogP contribution is -2.19. The first-order valence-corrected chi connectivity index (χ1v) is 7.25. The monoisotopic (exact) mass is 265 g/mol. The van der Waals surface area contributed by atoms with Gasteiger partial charge in [-0.3, -0.25) is 0 Å². The van der Waals surface area contributed by atoms with E-state index in [0.717, 1.165) is 10.8 Å². The third-order valence-corrected chi connectivity index (χ3v) is 3.56. The molecule has 0 aliphatic heterocycles. The van der Waals surface area contributed by atoms with Gasteiger partial charge in [0.15, 0.2) is 6.29 Å². The topological polar surface area (TPSA) is 34.2 Å². The number of thioether (sulfide) groups is 1. The Bertz CT molecular complexity index is 444. The molecule has 0 fully saturated rings. The van der Waals surface area contributed by atoms with Crippen LogP contribution in [0.4, 0.5) is 0 Å². The number of hydrogen-bond donors (Lipinski definition) is 1. The van der Waals surface area contributed by atoms with Gasteiger partial charge in [-0.25, -0.2) is 0 Å². The quantitative estimate of drug-likeness (QED) is 0.613. The molecule has 1 aromatic heterocycles. The standard InChI is InChI=1S/C14H19NO2S/c1-3-16-14(17-4-2)10-18-13-9-11-7-5-6-8-12(11)15-13/h5-9,14-15H,3-4,10H2,1-2H3. The van der Waals surface area contributed by atoms with Crippen LogP contribution in [-0.4, -0.2) is 30.2 Å². The van der Waals surface area contributed by atoms with Crippen molar-refractivity contribution in [2.75, 3.05) is 19.0 Å². The van der Waals surface area contributed by atoms with Gasteiger partial charge in [0.05, 0.1) is 10.8 Å². The van der Waals surface area contributed by atoms with E-state index in [1.54, 1.807) is 11.8 Å². The summed E-state index contributed by atoms with van der Waals surface area (Å²) in [7, 11) is 0. The summed E-state index contributed by atoms with van der Waals surface area (Å²) in [4.78, 5) is 3.39. The molecule has 0 spiro atoms. The summed E-state index contributed by atoms with van der Waals surface area (Å²) in [5, 5.41) is 2.39. The maximum absolute atomic E-state index is 5.52. The number of para-hydroxylation sites is 1. The summed E-state index contributed by atoms with van der Waals surface area (Å²) in [6, 6.07) is 10.4. The van der Waals surface area contributed by atoms with E-state index in [1.165, 1.54) is 10.9 Å². The zero-order valence-electron chi connectivity index (χ0n) is 10.8. The molecule has 0 unspecified atom stereocenters. The Morgan fingerprint density at radius 1 is 1.17 bits per heavy atom. The average molecular weight is 265 g/mol. The SMILES string of the molecule is CCOC(CSc1cc2ccccc2[nH]1)OCC. The molecule has 1 aromatic carbocycles. The predicted octanol–water partition coefficient (Wildman–Crippen LogP) is 3.66. The zero-order valence-corrected chi connectivity index (χ0v) is 11.6. The van der Waals surface area contributed by atoms with Crippen molar-refractivity contribution >= 4 is 22.7 Å². The molecule has 18 heavy (non-hydrogen) atoms. The van der Waals surface area contributed by atoms with Crippen molar-refractivity contribution in [3.63, 3.8) is 0 Å². The second-order valence-electron chi connectivity index (χ2n) is 3.87. The van der Waals surface area contributed by atoms with E-state index in [-0.39, 0.29) is 6.29 Å². The van der Waals surface area contributed by atoms with Gasteiger partial charge in [-0.15, -0.1) is 11.8 Å². The minimum Gasteiger partial charge on any atom is -0.352 e. The molecule has 0 saturated heterocycles. The fourth-order valence-electron chi connectivity index (χ4n) is 1.80. The van der Waals surface area contributed by atoms with Gasteiger partial charge in [-0.05, 0) is 26.0 Å². The molecule has 2 aromatic rings. The van der Waals surface area contributed by atoms with Gasteiger partial charge in [-0.2, -0.15) is 0 Å². The van der Waals surface area contributed by atoms with Crippen LogP contribution < -0.4 is 0 Å². The van der Waals surface area contributed by atoms with Crippen molar-refractivity contribution in [2.45, 2.75) is 25.2 Å². The first-order valence-electron chi connectivity index (χ1n) is 6.27. The van der Waals surface area contributed by atoms with Gasteiger partial charge in [0.25, 0.3) is 0 Å². The number of rotatable bonds is 7. The van der Waals surface area contributed by atoms with Gasteiger partial charge in [0.1, 0.15) is 0 Å². The lowest BCUT2D eigenvalue weighted by Gasteiger charge is -2.15. The fourth-order valence-corrected chi connectivity index (χ4v) is 2.70. The van der Waals surface area contributed by atoms with Gasteiger partial charge in [0, 0.05) is 24.1 Å². The molecule has 0 atom stereocenters. The predicted molar refractivity (Wildman–Crippen MR) is 76.1 cm³/mol. The van der Waals surface area contributed by atoms with Crippen molar-refractivity contribution in [3.05, 3.63) is 30.3 Å². The Balaban J connectivity index is 1.95. The van der Waals surface area contributed by atoms with Gasteiger partial charge >= 0.3 is 0 Å². The van der Waals surface area contributed by atoms with Crippen molar-refractivity contribution in [1.82, 2.24) is 4.98 Å². The Morgan fingerprint density at radius 2 is 1.89 bits per heavy atom. The number of aromatic nitrogens is 1. The Morgan fingerprint density at radius 3 is 2.56 bits per heavy atom. The minimum atomic E-state index is -0.128. The Hall–Kier alpha value is -0.970. The molecule has 98 valence electrons. The number of nitrogens with one attached hydrogen (secondary N) is 1. The average Bonchev–Trinajstić information content (AvgIpc) is 2.79. The van der Waals surface area contributed by atoms with E-state index in [0.29, 0.717) is 13.2 Å². The zero-order chi connectivity index (χ0) is 12.8. The highest BCUT2D eigenvalue weighted by molar-refractivity contribution is 7.99. The highest BCUT2D eigenvalue weighted by Gasteiger charge is 2.09. The summed E-state index contributed by atoms with van der Waals surface area (Å²) in [6.45, 7) is 5.33. The van der Waals surface area contributed by atoms with Crippen LogP contribution in [0.1, 0.15) is 13.8 Å². The van der Waals surface area contributed by atoms with E-state index in [4.69, 9.17) is 9.47 Å². The van der Waals surface area contributed by atoms with Crippen LogP contribution in [-0.2, 0) is 9.47 Å². The number of ether oxygens (including phenoxy) is 2. The van der Waals surface area contributed by atoms with Crippen LogP contribution in [0.5, 0.6) is 0 Å². The molecule has 3 nitrogen and oxygen atoms in total. The molecule has 0 bridgehead atoms. The number of hydrogen-bond acceptors (Lipinski definition) is 3. The van der Waals surface area contributed by atoms with Gasteiger partial charge in [-0.1, -0.05) is 18.2 Å². The van der Waals surface area contributed by atoms with Gasteiger partial charge < -0.3 is 14.5 Å². The number of fused-ring (bicyclic) bond motifs is 1. The van der Waals surface area contributed by atoms with Crippen LogP contribution in [0.3, 0.4) is 0 Å². The Labute approximate surface area is 112 Å². The fraction of sp³-hybridized carbons (Fsp3) is 0.429. The molecule has 4 heteroatoms. The summed E-state index contributed by atoms with van der Waals surface area (Å²) >= 11 is 1.73. The maximum atomic E-state index is 5.52. The van der Waals surface area contributed by atoms with Crippen LogP contribution >= 0.6 is 11.8 Å². The first-order chi connectivity index (χ1) is 8.83. The summed E-state index contributed by atoms with van der Waals surface area (Å²) in [5.41, 5.74) is 1.17. The lowest BCUT2D eigenvalue weighted by molar-refractivity contribution is -0.120. The molecular weight excluding hydrogens is 246 g/mol. The minimum absolute atomic E-state index is 0.128. The lowest BCUT2D eigenvalue weighted by atomic mass is 10.3. The number of benzene rings is 1. The third kappa shape index (κ3) is 3.51. The molecule has 0 saturated carbocycles. The highest BCUT2D eigenvalue weighted by Crippen LogP contribution is 2.24. The molecule has 0 radical (unpaired) electrons. The summed E-state index contributed by atoms with van der Waals surface area (Å²) in [6.07, 6.45) is -0.128. The number of H-pyrrole nitrogens is 1. The second kappa shape index (κ2) is 6.83. The normalized spacial score (nSPS) is 11.5. The van der Waals surface area contributed by atoms with Crippen molar-refractivity contribution < 1.29 is 9.47 Å². The van der Waals surface area contributed by atoms with Crippen molar-refractivity contribution in [3.8, 4) is 0 Å². The summed E-state index contributed by atoms with van der Waals surface area (Å²) < 4.78 is 11.0. The maximum Gasteiger partial charge on any atom is 0.166 e. The van der Waals surface area contributed by atoms with Crippen LogP contribution in [0, 0.1) is 0 Å². The molecule has 2 rings (SSSR count). The third-order valence-electron chi connectivity index (χ3n) is 2.59. The molecule has 1 heterocycles. The highest BCUT2D eigenvalue weighted by atomic mass is 32.2.